The summed E-state index contributed by atoms with van der Waals surface area (Å²) in [6.07, 6.45) is -22.7. The number of hydrogen-bond donors (Lipinski definition) is 20. The fraction of sp³-hybridized carbons (Fsp3) is 0.882. The average molecular weight is 2030 g/mol. The van der Waals surface area contributed by atoms with Gasteiger partial charge in [-0.2, -0.15) is 0 Å². The summed E-state index contributed by atoms with van der Waals surface area (Å²) in [6.45, 7) is 2.01. The second kappa shape index (κ2) is 72.6. The Morgan fingerprint density at radius 1 is 0.289 bits per heavy atom. The van der Waals surface area contributed by atoms with Crippen LogP contribution in [0.25, 0.3) is 0 Å². The van der Waals surface area contributed by atoms with Crippen molar-refractivity contribution < 1.29 is 240 Å². The first kappa shape index (κ1) is 123. The van der Waals surface area contributed by atoms with Crippen molar-refractivity contribution in [2.75, 3.05) is 284 Å². The summed E-state index contributed by atoms with van der Waals surface area (Å²) < 4.78 is 167. The molecule has 788 valence electrons. The van der Waals surface area contributed by atoms with Gasteiger partial charge in [0.25, 0.3) is 11.8 Å². The van der Waals surface area contributed by atoms with Gasteiger partial charge in [0, 0.05) is 82.5 Å². The minimum atomic E-state index is -4.93. The van der Waals surface area contributed by atoms with Crippen molar-refractivity contribution in [2.45, 2.75) is 149 Å². The summed E-state index contributed by atoms with van der Waals surface area (Å²) >= 11 is 0. The number of carbonyl (C=O) groups is 7. The number of ether oxygens (including phenoxy) is 22. The summed E-state index contributed by atoms with van der Waals surface area (Å²) in [7, 11) is -14.8. The molecule has 0 aliphatic carbocycles. The number of aliphatic hydroxyl groups excluding tert-OH is 9. The zero-order chi connectivity index (χ0) is 99.0. The number of phosphoric ester groups is 3. The fourth-order valence-corrected chi connectivity index (χ4v) is 13.2. The third-order valence-electron chi connectivity index (χ3n) is 19.3. The largest absolute Gasteiger partial charge is 0.469 e. The van der Waals surface area contributed by atoms with Crippen LogP contribution in [0.2, 0.25) is 0 Å². The molecule has 4 aliphatic rings. The average Bonchev–Trinajstić information content (AvgIpc) is 1.83. The quantitative estimate of drug-likeness (QED) is 0.0153. The molecule has 0 radical (unpaired) electrons. The molecule has 0 bridgehead atoms. The molecule has 4 rings (SSSR count). The number of nitrogens with one attached hydrogen (secondary N) is 5. The number of nitrogens with zero attached hydrogens (tertiary/aromatic N) is 1. The number of carbonyl (C=O) groups excluding carboxylic acids is 7. The molecule has 4 aliphatic heterocycles. The van der Waals surface area contributed by atoms with E-state index in [0.29, 0.717) is 0 Å². The highest BCUT2D eigenvalue weighted by Crippen LogP contribution is 2.40. The van der Waals surface area contributed by atoms with Crippen molar-refractivity contribution in [3.63, 3.8) is 0 Å². The number of imide groups is 1. The summed E-state index contributed by atoms with van der Waals surface area (Å²) in [5.74, 6) is -3.13. The van der Waals surface area contributed by atoms with E-state index in [1.165, 1.54) is 0 Å². The molecule has 0 saturated carbocycles. The molecule has 7 amide bonds. The normalized spacial score (nSPS) is 22.9. The van der Waals surface area contributed by atoms with Gasteiger partial charge in [-0.15, -0.1) is 0 Å². The van der Waals surface area contributed by atoms with Gasteiger partial charge in [-0.3, -0.25) is 52.0 Å². The van der Waals surface area contributed by atoms with E-state index in [9.17, 15) is 93.2 Å². The maximum Gasteiger partial charge on any atom is 0.469 e. The van der Waals surface area contributed by atoms with E-state index in [1.54, 1.807) is 0 Å². The molecule has 0 spiro atoms. The third kappa shape index (κ3) is 58.5. The Hall–Kier alpha value is -4.68. The number of rotatable bonds is 85. The molecule has 135 heavy (non-hydrogen) atoms. The van der Waals surface area contributed by atoms with Crippen LogP contribution in [0, 0.1) is 0 Å². The summed E-state index contributed by atoms with van der Waals surface area (Å²) in [5, 5.41) is 105. The van der Waals surface area contributed by atoms with Gasteiger partial charge in [-0.05, 0) is 19.3 Å². The van der Waals surface area contributed by atoms with Crippen LogP contribution in [0.4, 0.5) is 0 Å². The predicted molar refractivity (Wildman–Crippen MR) is 451 cm³/mol. The second-order valence-corrected chi connectivity index (χ2v) is 33.4. The van der Waals surface area contributed by atoms with Gasteiger partial charge >= 0.3 is 23.5 Å². The van der Waals surface area contributed by atoms with Crippen LogP contribution in [-0.2, 0) is 165 Å². The van der Waals surface area contributed by atoms with Crippen molar-refractivity contribution in [2.24, 2.45) is 0 Å². The van der Waals surface area contributed by atoms with Crippen LogP contribution < -0.4 is 26.6 Å². The van der Waals surface area contributed by atoms with Crippen molar-refractivity contribution in [1.82, 2.24) is 31.5 Å². The molecule has 20 N–H and O–H groups in total. The Morgan fingerprint density at radius 2 is 0.504 bits per heavy atom. The van der Waals surface area contributed by atoms with Crippen LogP contribution in [0.1, 0.15) is 51.4 Å². The zero-order valence-electron chi connectivity index (χ0n) is 75.2. The highest BCUT2D eigenvalue weighted by atomic mass is 31.2. The SMILES string of the molecule is O=C(CCN1C(=O)C=CC1=O)NCCOCCOCCOCCOCCC(=O)NC(CCC(=O)NCCOCCOCCOCCOCCO[C@@H]1O[C@H](COP(=O)(O)O)[C@@H](O)[C@H](O)[C@@H]1O)(CCC(=O)NCCOCCOCCOCCOCCO[C@H]1O[C@H](COP(=O)(O)O)[C@@H](O)[C@H](O)[C@@H]1O)CCC(=O)NCCOCCOCCOCCOCCO[C@H]1O[C@H](COP(=O)(O)O)[C@@H](O)[C@H](O)[C@@H]1O. The molecule has 0 aromatic rings. The van der Waals surface area contributed by atoms with E-state index in [1.807, 2.05) is 0 Å². The van der Waals surface area contributed by atoms with Crippen LogP contribution >= 0.6 is 23.5 Å². The van der Waals surface area contributed by atoms with Crippen molar-refractivity contribution in [3.8, 4) is 0 Å². The van der Waals surface area contributed by atoms with Crippen molar-refractivity contribution in [1.29, 1.82) is 0 Å². The lowest BCUT2D eigenvalue weighted by atomic mass is 9.83. The van der Waals surface area contributed by atoms with E-state index in [2.05, 4.69) is 40.2 Å². The van der Waals surface area contributed by atoms with Crippen molar-refractivity contribution >= 4 is 64.8 Å². The molecular weight excluding hydrogens is 1890 g/mol. The summed E-state index contributed by atoms with van der Waals surface area (Å²) in [6, 6.07) is 0. The van der Waals surface area contributed by atoms with Gasteiger partial charge < -0.3 is 206 Å². The molecule has 3 fully saturated rings. The number of amides is 7. The molecule has 56 nitrogen and oxygen atoms in total. The third-order valence-corrected chi connectivity index (χ3v) is 20.8. The van der Waals surface area contributed by atoms with E-state index in [4.69, 9.17) is 134 Å². The lowest BCUT2D eigenvalue weighted by Crippen LogP contribution is -2.59. The molecule has 3 saturated heterocycles. The number of aliphatic hydroxyl groups is 9. The highest BCUT2D eigenvalue weighted by Gasteiger charge is 2.48. The lowest BCUT2D eigenvalue weighted by Gasteiger charge is -2.40. The van der Waals surface area contributed by atoms with Crippen LogP contribution in [0.15, 0.2) is 12.2 Å². The van der Waals surface area contributed by atoms with Crippen molar-refractivity contribution in [3.05, 3.63) is 12.2 Å². The lowest BCUT2D eigenvalue weighted by molar-refractivity contribution is -0.301. The van der Waals surface area contributed by atoms with Gasteiger partial charge in [0.2, 0.25) is 29.5 Å². The Morgan fingerprint density at radius 3 is 0.741 bits per heavy atom. The first-order valence-electron chi connectivity index (χ1n) is 43.8. The minimum Gasteiger partial charge on any atom is -0.387 e. The van der Waals surface area contributed by atoms with Crippen LogP contribution in [0.5, 0.6) is 0 Å². The molecule has 4 heterocycles. The first-order chi connectivity index (χ1) is 64.6. The molecule has 59 heteroatoms. The summed E-state index contributed by atoms with van der Waals surface area (Å²) in [5.41, 5.74) is -1.34. The topological polar surface area (TPSA) is 768 Å². The summed E-state index contributed by atoms with van der Waals surface area (Å²) in [4.78, 5) is 145. The number of phosphoric acid groups is 3. The minimum absolute atomic E-state index is 0.00481. The maximum atomic E-state index is 14.0. The Labute approximate surface area is 778 Å². The second-order valence-electron chi connectivity index (χ2n) is 29.7. The molecule has 0 aromatic heterocycles. The predicted octanol–water partition coefficient (Wildman–Crippen LogP) is -9.58. The van der Waals surface area contributed by atoms with Crippen LogP contribution in [-0.4, -0.2) is 503 Å². The van der Waals surface area contributed by atoms with E-state index in [-0.39, 0.29) is 321 Å². The fourth-order valence-electron chi connectivity index (χ4n) is 12.2. The Kier molecular flexibility index (Phi) is 65.9. The molecule has 0 unspecified atom stereocenters. The van der Waals surface area contributed by atoms with Gasteiger partial charge in [-0.25, -0.2) is 13.7 Å². The van der Waals surface area contributed by atoms with E-state index in [0.717, 1.165) is 17.1 Å². The van der Waals surface area contributed by atoms with Crippen LogP contribution in [0.3, 0.4) is 0 Å². The molecule has 15 atom stereocenters. The zero-order valence-corrected chi connectivity index (χ0v) is 77.8. The number of hydrogen-bond acceptors (Lipinski definition) is 44. The maximum absolute atomic E-state index is 14.0. The van der Waals surface area contributed by atoms with Gasteiger partial charge in [-0.1, -0.05) is 0 Å². The molecular formula is C76H139N6O50P3. The van der Waals surface area contributed by atoms with E-state index >= 15 is 0 Å². The highest BCUT2D eigenvalue weighted by molar-refractivity contribution is 7.46. The van der Waals surface area contributed by atoms with Gasteiger partial charge in [0.1, 0.15) is 73.2 Å². The molecule has 0 aromatic carbocycles. The van der Waals surface area contributed by atoms with Gasteiger partial charge in [0.15, 0.2) is 18.9 Å². The standard InChI is InChI=1S/C76H139N6O50P3/c83-57(77-11-17-109-22-27-115-33-36-118-39-42-121-45-48-124-73-70(96)67(93)64(90)54(130-73)51-127-133(99,100)101)3-8-76(81-61(87)7-16-108-21-26-113-31-32-114-30-25-112-20-14-80-60(86)6-15-82-62(88)1-2-63(82)89,9-4-58(84)78-12-18-110-23-28-116-34-37-119-40-43-122-46-49-125-74-71(97)68(94)65(91)55(131-74)52-128-134(102,103)104)10-5-59(85)79-13-19-111-24-29-117-35-38-120-41-44-123-47-50-126-75-72(98)69(95)66(92)56(132-75)53-129-135(105,106)107/h1-2,54-56,64-75,90-98H,3-53H2,(H,77,83)(H,78,84)(H,79,85)(H,80,86)(H,81,87)(H2,99,100,101)(H2,102,103,104)(H2,105,106,107)/t54-,55-,56-,64-,65-,66-,67+,68+,69+,70+,71+,72+,73-,74+,75+/m1/s1. The smallest absolute Gasteiger partial charge is 0.387 e. The first-order valence-corrected chi connectivity index (χ1v) is 48.4. The monoisotopic (exact) mass is 2030 g/mol. The Bertz CT molecular complexity index is 3110. The van der Waals surface area contributed by atoms with Gasteiger partial charge in [0.05, 0.1) is 251 Å². The Balaban J connectivity index is 1.22. The van der Waals surface area contributed by atoms with E-state index < -0.39 is 176 Å².